The molecule has 0 unspecified atom stereocenters. The minimum atomic E-state index is -0.337. The Kier molecular flexibility index (Phi) is 4.42. The van der Waals surface area contributed by atoms with Crippen LogP contribution >= 0.6 is 0 Å². The zero-order valence-corrected chi connectivity index (χ0v) is 17.4. The minimum Gasteiger partial charge on any atom is -0.490 e. The Morgan fingerprint density at radius 1 is 0.909 bits per heavy atom. The van der Waals surface area contributed by atoms with Crippen LogP contribution < -0.4 is 20.6 Å². The first kappa shape index (κ1) is 19.2. The molecule has 164 valence electrons. The Morgan fingerprint density at radius 3 is 2.52 bits per heavy atom. The van der Waals surface area contributed by atoms with Gasteiger partial charge in [-0.15, -0.1) is 0 Å². The molecule has 33 heavy (non-hydrogen) atoms. The summed E-state index contributed by atoms with van der Waals surface area (Å²) in [6, 6.07) is 10.8. The van der Waals surface area contributed by atoms with Crippen molar-refractivity contribution in [3.8, 4) is 17.4 Å². The summed E-state index contributed by atoms with van der Waals surface area (Å²) in [4.78, 5) is 34.8. The molecule has 0 atom stereocenters. The summed E-state index contributed by atoms with van der Waals surface area (Å²) >= 11 is 0. The predicted molar refractivity (Wildman–Crippen MR) is 120 cm³/mol. The number of pyridine rings is 3. The highest BCUT2D eigenvalue weighted by molar-refractivity contribution is 5.91. The lowest BCUT2D eigenvalue weighted by Gasteiger charge is -2.11. The molecule has 10 nitrogen and oxygen atoms in total. The SMILES string of the molecule is O=c1c2cc3c(=O)n(-c4ncn[nH]4)ccc3nc2ccn1Cc1ccc2c(c1)OCCCO2. The number of H-pyrrole nitrogens is 1. The maximum Gasteiger partial charge on any atom is 0.266 e. The Morgan fingerprint density at radius 2 is 1.70 bits per heavy atom. The molecule has 1 aliphatic heterocycles. The first-order chi connectivity index (χ1) is 16.2. The van der Waals surface area contributed by atoms with Crippen molar-refractivity contribution in [2.24, 2.45) is 0 Å². The summed E-state index contributed by atoms with van der Waals surface area (Å²) < 4.78 is 14.4. The van der Waals surface area contributed by atoms with Gasteiger partial charge in [0.25, 0.3) is 11.1 Å². The predicted octanol–water partition coefficient (Wildman–Crippen LogP) is 2.03. The molecule has 6 rings (SSSR count). The van der Waals surface area contributed by atoms with Gasteiger partial charge in [0.15, 0.2) is 11.5 Å². The summed E-state index contributed by atoms with van der Waals surface area (Å²) in [5, 5.41) is 7.14. The van der Waals surface area contributed by atoms with E-state index < -0.39 is 0 Å². The van der Waals surface area contributed by atoms with Crippen molar-refractivity contribution in [1.29, 1.82) is 0 Å². The van der Waals surface area contributed by atoms with Crippen molar-refractivity contribution in [2.75, 3.05) is 13.2 Å². The average Bonchev–Trinajstić information content (AvgIpc) is 3.26. The van der Waals surface area contributed by atoms with Gasteiger partial charge >= 0.3 is 0 Å². The Balaban J connectivity index is 1.44. The molecule has 5 heterocycles. The summed E-state index contributed by atoms with van der Waals surface area (Å²) in [6.45, 7) is 1.56. The second kappa shape index (κ2) is 7.59. The van der Waals surface area contributed by atoms with E-state index in [0.717, 1.165) is 12.0 Å². The van der Waals surface area contributed by atoms with Crippen molar-refractivity contribution < 1.29 is 9.47 Å². The topological polar surface area (TPSA) is 117 Å². The smallest absolute Gasteiger partial charge is 0.266 e. The molecule has 0 spiro atoms. The van der Waals surface area contributed by atoms with E-state index in [2.05, 4.69) is 20.2 Å². The van der Waals surface area contributed by atoms with Crippen LogP contribution in [0.4, 0.5) is 0 Å². The fourth-order valence-electron chi connectivity index (χ4n) is 3.97. The molecule has 1 N–H and O–H groups in total. The Hall–Kier alpha value is -4.47. The number of benzene rings is 1. The van der Waals surface area contributed by atoms with E-state index in [1.165, 1.54) is 10.9 Å². The van der Waals surface area contributed by atoms with Crippen molar-refractivity contribution in [1.82, 2.24) is 29.3 Å². The van der Waals surface area contributed by atoms with E-state index in [4.69, 9.17) is 9.47 Å². The lowest BCUT2D eigenvalue weighted by molar-refractivity contribution is 0.297. The highest BCUT2D eigenvalue weighted by atomic mass is 16.5. The zero-order valence-electron chi connectivity index (χ0n) is 17.4. The van der Waals surface area contributed by atoms with Crippen LogP contribution in [0.15, 0.2) is 64.7 Å². The number of aromatic amines is 1. The van der Waals surface area contributed by atoms with Crippen LogP contribution in [0.2, 0.25) is 0 Å². The minimum absolute atomic E-state index is 0.233. The highest BCUT2D eigenvalue weighted by Gasteiger charge is 2.14. The molecule has 0 bridgehead atoms. The lowest BCUT2D eigenvalue weighted by Crippen LogP contribution is -2.22. The highest BCUT2D eigenvalue weighted by Crippen LogP contribution is 2.30. The van der Waals surface area contributed by atoms with Crippen molar-refractivity contribution in [2.45, 2.75) is 13.0 Å². The van der Waals surface area contributed by atoms with Crippen molar-refractivity contribution >= 4 is 21.8 Å². The van der Waals surface area contributed by atoms with Crippen molar-refractivity contribution in [3.05, 3.63) is 81.4 Å². The Bertz CT molecular complexity index is 1620. The van der Waals surface area contributed by atoms with Gasteiger partial charge in [-0.25, -0.2) is 10.1 Å². The molecule has 1 aromatic carbocycles. The fourth-order valence-corrected chi connectivity index (χ4v) is 3.97. The number of nitrogens with zero attached hydrogens (tertiary/aromatic N) is 5. The standard InChI is InChI=1S/C23H18N6O4/c30-21-15-11-16-18(5-7-29(22(16)31)23-24-13-25-27-23)26-17(15)4-6-28(21)12-14-2-3-19-20(10-14)33-9-1-8-32-19/h2-7,10-11,13H,1,8-9,12H2,(H,24,25,27). The van der Waals surface area contributed by atoms with E-state index in [-0.39, 0.29) is 11.1 Å². The second-order valence-electron chi connectivity index (χ2n) is 7.73. The lowest BCUT2D eigenvalue weighted by atomic mass is 10.1. The van der Waals surface area contributed by atoms with Gasteiger partial charge in [-0.1, -0.05) is 6.07 Å². The van der Waals surface area contributed by atoms with Crippen LogP contribution in [0.1, 0.15) is 12.0 Å². The molecular weight excluding hydrogens is 424 g/mol. The third-order valence-electron chi connectivity index (χ3n) is 5.61. The molecule has 1 aliphatic rings. The van der Waals surface area contributed by atoms with E-state index >= 15 is 0 Å². The molecule has 0 saturated heterocycles. The molecule has 0 amide bonds. The van der Waals surface area contributed by atoms with Crippen LogP contribution in [0.3, 0.4) is 0 Å². The second-order valence-corrected chi connectivity index (χ2v) is 7.73. The maximum absolute atomic E-state index is 13.3. The number of nitrogens with one attached hydrogen (secondary N) is 1. The van der Waals surface area contributed by atoms with Crippen LogP contribution in [0.25, 0.3) is 27.8 Å². The van der Waals surface area contributed by atoms with Gasteiger partial charge in [-0.3, -0.25) is 14.2 Å². The number of aromatic nitrogens is 6. The maximum atomic E-state index is 13.3. The van der Waals surface area contributed by atoms with E-state index in [9.17, 15) is 9.59 Å². The number of fused-ring (bicyclic) bond motifs is 3. The monoisotopic (exact) mass is 442 g/mol. The summed E-state index contributed by atoms with van der Waals surface area (Å²) in [5.41, 5.74) is 1.37. The molecule has 10 heteroatoms. The molecule has 0 saturated carbocycles. The third kappa shape index (κ3) is 3.32. The number of hydrogen-bond acceptors (Lipinski definition) is 7. The normalized spacial score (nSPS) is 13.3. The molecule has 0 aliphatic carbocycles. The van der Waals surface area contributed by atoms with Gasteiger partial charge in [-0.05, 0) is 35.9 Å². The molecule has 4 aromatic heterocycles. The molecular formula is C23H18N6O4. The van der Waals surface area contributed by atoms with Gasteiger partial charge in [0, 0.05) is 18.8 Å². The van der Waals surface area contributed by atoms with Crippen LogP contribution in [-0.2, 0) is 6.54 Å². The Labute approximate surface area is 186 Å². The quantitative estimate of drug-likeness (QED) is 0.425. The average molecular weight is 442 g/mol. The van der Waals surface area contributed by atoms with Gasteiger partial charge in [0.1, 0.15) is 6.33 Å². The largest absolute Gasteiger partial charge is 0.490 e. The molecule has 0 radical (unpaired) electrons. The summed E-state index contributed by atoms with van der Waals surface area (Å²) in [5.74, 6) is 1.68. The van der Waals surface area contributed by atoms with Gasteiger partial charge in [0.2, 0.25) is 5.95 Å². The first-order valence-electron chi connectivity index (χ1n) is 10.5. The van der Waals surface area contributed by atoms with Crippen molar-refractivity contribution in [3.63, 3.8) is 0 Å². The van der Waals surface area contributed by atoms with Crippen LogP contribution in [0, 0.1) is 0 Å². The van der Waals surface area contributed by atoms with E-state index in [0.29, 0.717) is 59.0 Å². The summed E-state index contributed by atoms with van der Waals surface area (Å²) in [7, 11) is 0. The van der Waals surface area contributed by atoms with Crippen LogP contribution in [0.5, 0.6) is 11.5 Å². The summed E-state index contributed by atoms with van der Waals surface area (Å²) in [6.07, 6.45) is 5.44. The number of rotatable bonds is 3. The third-order valence-corrected chi connectivity index (χ3v) is 5.61. The number of ether oxygens (including phenoxy) is 2. The van der Waals surface area contributed by atoms with Gasteiger partial charge in [0.05, 0.1) is 41.6 Å². The van der Waals surface area contributed by atoms with Crippen LogP contribution in [-0.4, -0.2) is 42.5 Å². The number of hydrogen-bond donors (Lipinski definition) is 1. The van der Waals surface area contributed by atoms with E-state index in [1.807, 2.05) is 18.2 Å². The molecule has 0 fully saturated rings. The zero-order chi connectivity index (χ0) is 22.4. The first-order valence-corrected chi connectivity index (χ1v) is 10.5. The van der Waals surface area contributed by atoms with Gasteiger partial charge < -0.3 is 14.0 Å². The fraction of sp³-hybridized carbons (Fsp3) is 0.174. The molecule has 5 aromatic rings. The van der Waals surface area contributed by atoms with E-state index in [1.54, 1.807) is 35.2 Å². The van der Waals surface area contributed by atoms with Gasteiger partial charge in [-0.2, -0.15) is 10.1 Å².